The Kier molecular flexibility index (Phi) is 4.76. The van der Waals surface area contributed by atoms with E-state index in [-0.39, 0.29) is 12.0 Å². The highest BCUT2D eigenvalue weighted by atomic mass is 19.4. The SMILES string of the molecule is FC(F)(F)c1cc(-c2ccccc2)ccc1C1CC1NC1CCNCC1. The van der Waals surface area contributed by atoms with Gasteiger partial charge in [-0.1, -0.05) is 42.5 Å². The Labute approximate surface area is 151 Å². The third-order valence-electron chi connectivity index (χ3n) is 5.44. The lowest BCUT2D eigenvalue weighted by atomic mass is 9.96. The predicted octanol–water partition coefficient (Wildman–Crippen LogP) is 4.57. The van der Waals surface area contributed by atoms with E-state index in [0.717, 1.165) is 37.9 Å². The molecule has 2 N–H and O–H groups in total. The molecular formula is C21H23F3N2. The molecule has 0 amide bonds. The van der Waals surface area contributed by atoms with Crippen LogP contribution in [0.2, 0.25) is 0 Å². The number of halogens is 3. The smallest absolute Gasteiger partial charge is 0.317 e. The lowest BCUT2D eigenvalue weighted by Crippen LogP contribution is -2.41. The largest absolute Gasteiger partial charge is 0.416 e. The highest BCUT2D eigenvalue weighted by molar-refractivity contribution is 5.65. The molecule has 1 aliphatic carbocycles. The molecule has 2 atom stereocenters. The molecule has 0 bridgehead atoms. The van der Waals surface area contributed by atoms with Crippen LogP contribution in [0.25, 0.3) is 11.1 Å². The summed E-state index contributed by atoms with van der Waals surface area (Å²) in [5.41, 5.74) is 1.37. The molecule has 5 heteroatoms. The van der Waals surface area contributed by atoms with Gasteiger partial charge in [-0.2, -0.15) is 13.2 Å². The fourth-order valence-corrected chi connectivity index (χ4v) is 3.95. The second kappa shape index (κ2) is 7.05. The van der Waals surface area contributed by atoms with Crippen molar-refractivity contribution in [3.8, 4) is 11.1 Å². The highest BCUT2D eigenvalue weighted by Crippen LogP contribution is 2.47. The molecule has 2 aromatic rings. The van der Waals surface area contributed by atoms with Crippen molar-refractivity contribution in [2.45, 2.75) is 43.4 Å². The van der Waals surface area contributed by atoms with Gasteiger partial charge in [-0.05, 0) is 55.1 Å². The van der Waals surface area contributed by atoms with Crippen LogP contribution in [0.3, 0.4) is 0 Å². The maximum Gasteiger partial charge on any atom is 0.416 e. The van der Waals surface area contributed by atoms with Gasteiger partial charge in [0.25, 0.3) is 0 Å². The van der Waals surface area contributed by atoms with Gasteiger partial charge in [-0.3, -0.25) is 0 Å². The number of hydrogen-bond acceptors (Lipinski definition) is 2. The zero-order chi connectivity index (χ0) is 18.1. The van der Waals surface area contributed by atoms with Crippen LogP contribution in [0.4, 0.5) is 13.2 Å². The molecule has 2 aliphatic rings. The van der Waals surface area contributed by atoms with E-state index in [0.29, 0.717) is 17.2 Å². The summed E-state index contributed by atoms with van der Waals surface area (Å²) in [6.07, 6.45) is -1.45. The van der Waals surface area contributed by atoms with Crippen LogP contribution >= 0.6 is 0 Å². The van der Waals surface area contributed by atoms with Crippen molar-refractivity contribution in [2.75, 3.05) is 13.1 Å². The quantitative estimate of drug-likeness (QED) is 0.835. The average molecular weight is 360 g/mol. The van der Waals surface area contributed by atoms with Gasteiger partial charge in [-0.15, -0.1) is 0 Å². The van der Waals surface area contributed by atoms with Crippen molar-refractivity contribution in [1.82, 2.24) is 10.6 Å². The first-order chi connectivity index (χ1) is 12.5. The van der Waals surface area contributed by atoms with Crippen LogP contribution in [0.15, 0.2) is 48.5 Å². The maximum atomic E-state index is 13.7. The van der Waals surface area contributed by atoms with Crippen LogP contribution in [-0.4, -0.2) is 25.2 Å². The normalized spacial score (nSPS) is 23.8. The van der Waals surface area contributed by atoms with Crippen molar-refractivity contribution in [3.05, 3.63) is 59.7 Å². The van der Waals surface area contributed by atoms with Gasteiger partial charge in [0.1, 0.15) is 0 Å². The van der Waals surface area contributed by atoms with Crippen molar-refractivity contribution < 1.29 is 13.2 Å². The molecule has 2 fully saturated rings. The Hall–Kier alpha value is -1.85. The third-order valence-corrected chi connectivity index (χ3v) is 5.44. The summed E-state index contributed by atoms with van der Waals surface area (Å²) in [6, 6.07) is 14.6. The number of benzene rings is 2. The van der Waals surface area contributed by atoms with Crippen molar-refractivity contribution in [1.29, 1.82) is 0 Å². The number of alkyl halides is 3. The van der Waals surface area contributed by atoms with Crippen LogP contribution in [0.1, 0.15) is 36.3 Å². The Balaban J connectivity index is 1.56. The summed E-state index contributed by atoms with van der Waals surface area (Å²) in [5, 5.41) is 6.87. The van der Waals surface area contributed by atoms with E-state index >= 15 is 0 Å². The number of rotatable bonds is 4. The molecular weight excluding hydrogens is 337 g/mol. The Morgan fingerprint density at radius 3 is 2.35 bits per heavy atom. The first-order valence-corrected chi connectivity index (χ1v) is 9.26. The lowest BCUT2D eigenvalue weighted by molar-refractivity contribution is -0.138. The van der Waals surface area contributed by atoms with E-state index in [1.165, 1.54) is 6.07 Å². The Bertz CT molecular complexity index is 752. The summed E-state index contributed by atoms with van der Waals surface area (Å²) >= 11 is 0. The number of nitrogens with one attached hydrogen (secondary N) is 2. The highest BCUT2D eigenvalue weighted by Gasteiger charge is 2.45. The fourth-order valence-electron chi connectivity index (χ4n) is 3.95. The van der Waals surface area contributed by atoms with Crippen LogP contribution in [0.5, 0.6) is 0 Å². The monoisotopic (exact) mass is 360 g/mol. The molecule has 1 aliphatic heterocycles. The van der Waals surface area contributed by atoms with Crippen LogP contribution in [0, 0.1) is 0 Å². The van der Waals surface area contributed by atoms with E-state index < -0.39 is 11.7 Å². The zero-order valence-corrected chi connectivity index (χ0v) is 14.5. The van der Waals surface area contributed by atoms with Gasteiger partial charge in [0.05, 0.1) is 5.56 Å². The minimum Gasteiger partial charge on any atom is -0.317 e. The molecule has 0 radical (unpaired) electrons. The van der Waals surface area contributed by atoms with Gasteiger partial charge in [-0.25, -0.2) is 0 Å². The van der Waals surface area contributed by atoms with Gasteiger partial charge in [0, 0.05) is 18.0 Å². The first kappa shape index (κ1) is 17.6. The molecule has 2 nitrogen and oxygen atoms in total. The second-order valence-corrected chi connectivity index (χ2v) is 7.31. The minimum atomic E-state index is -4.33. The van der Waals surface area contributed by atoms with E-state index in [9.17, 15) is 13.2 Å². The molecule has 4 rings (SSSR count). The third kappa shape index (κ3) is 3.79. The van der Waals surface area contributed by atoms with Crippen molar-refractivity contribution >= 4 is 0 Å². The topological polar surface area (TPSA) is 24.1 Å². The van der Waals surface area contributed by atoms with Gasteiger partial charge >= 0.3 is 6.18 Å². The molecule has 0 aromatic heterocycles. The van der Waals surface area contributed by atoms with E-state index in [4.69, 9.17) is 0 Å². The van der Waals surface area contributed by atoms with Crippen molar-refractivity contribution in [3.63, 3.8) is 0 Å². The molecule has 2 aromatic carbocycles. The minimum absolute atomic E-state index is 0.0358. The Morgan fingerprint density at radius 1 is 0.923 bits per heavy atom. The maximum absolute atomic E-state index is 13.7. The number of piperidine rings is 1. The lowest BCUT2D eigenvalue weighted by Gasteiger charge is -2.24. The van der Waals surface area contributed by atoms with E-state index in [2.05, 4.69) is 10.6 Å². The summed E-state index contributed by atoms with van der Waals surface area (Å²) in [7, 11) is 0. The van der Waals surface area contributed by atoms with E-state index in [1.54, 1.807) is 6.07 Å². The molecule has 1 saturated heterocycles. The second-order valence-electron chi connectivity index (χ2n) is 7.31. The number of hydrogen-bond donors (Lipinski definition) is 2. The first-order valence-electron chi connectivity index (χ1n) is 9.26. The summed E-state index contributed by atoms with van der Waals surface area (Å²) in [5.74, 6) is -0.0358. The van der Waals surface area contributed by atoms with E-state index in [1.807, 2.05) is 36.4 Å². The van der Waals surface area contributed by atoms with Crippen molar-refractivity contribution in [2.24, 2.45) is 0 Å². The van der Waals surface area contributed by atoms with Gasteiger partial charge in [0.2, 0.25) is 0 Å². The molecule has 0 spiro atoms. The van der Waals surface area contributed by atoms with Crippen LogP contribution in [-0.2, 0) is 6.18 Å². The molecule has 26 heavy (non-hydrogen) atoms. The molecule has 1 saturated carbocycles. The zero-order valence-electron chi connectivity index (χ0n) is 14.5. The molecule has 2 unspecified atom stereocenters. The summed E-state index contributed by atoms with van der Waals surface area (Å²) in [4.78, 5) is 0. The molecule has 1 heterocycles. The average Bonchev–Trinajstić information content (AvgIpc) is 3.41. The standard InChI is InChI=1S/C21H23F3N2/c22-21(23,24)19-12-15(14-4-2-1-3-5-14)6-7-17(19)18-13-20(18)26-16-8-10-25-11-9-16/h1-7,12,16,18,20,25-26H,8-11,13H2. The van der Waals surface area contributed by atoms with Gasteiger partial charge < -0.3 is 10.6 Å². The van der Waals surface area contributed by atoms with Crippen LogP contribution < -0.4 is 10.6 Å². The fraction of sp³-hybridized carbons (Fsp3) is 0.429. The molecule has 138 valence electrons. The Morgan fingerprint density at radius 2 is 1.65 bits per heavy atom. The summed E-state index contributed by atoms with van der Waals surface area (Å²) < 4.78 is 41.1. The van der Waals surface area contributed by atoms with Gasteiger partial charge in [0.15, 0.2) is 0 Å². The predicted molar refractivity (Wildman–Crippen MR) is 97.1 cm³/mol. The summed E-state index contributed by atoms with van der Waals surface area (Å²) in [6.45, 7) is 1.96.